The monoisotopic (exact) mass is 294 g/mol. The van der Waals surface area contributed by atoms with E-state index in [2.05, 4.69) is 0 Å². The molecule has 0 bridgehead atoms. The number of methoxy groups -OCH3 is 1. The molecule has 1 heterocycles. The molecule has 1 aromatic carbocycles. The highest BCUT2D eigenvalue weighted by Gasteiger charge is 2.27. The number of carbonyl (C=O) groups is 1. The molecule has 0 atom stereocenters. The molecule has 1 amide bonds. The lowest BCUT2D eigenvalue weighted by molar-refractivity contribution is -0.385. The molecule has 7 nitrogen and oxygen atoms in total. The van der Waals surface area contributed by atoms with Gasteiger partial charge in [-0.05, 0) is 24.8 Å². The number of amides is 1. The van der Waals surface area contributed by atoms with Crippen LogP contribution in [-0.4, -0.2) is 47.6 Å². The van der Waals surface area contributed by atoms with E-state index in [9.17, 15) is 20.0 Å². The topological polar surface area (TPSA) is 92.9 Å². The van der Waals surface area contributed by atoms with Crippen LogP contribution in [0.15, 0.2) is 18.2 Å². The summed E-state index contributed by atoms with van der Waals surface area (Å²) in [5, 5.41) is 20.7. The third kappa shape index (κ3) is 3.30. The molecule has 0 radical (unpaired) electrons. The van der Waals surface area contributed by atoms with E-state index in [0.29, 0.717) is 25.6 Å². The number of hydrogen-bond donors (Lipinski definition) is 1. The van der Waals surface area contributed by atoms with E-state index in [4.69, 9.17) is 4.74 Å². The lowest BCUT2D eigenvalue weighted by Gasteiger charge is -2.31. The normalized spacial score (nSPS) is 16.0. The Balaban J connectivity index is 2.11. The molecular formula is C14H18N2O5. The average Bonchev–Trinajstić information content (AvgIpc) is 2.47. The number of nitrogens with zero attached hydrogens (tertiary/aromatic N) is 2. The summed E-state index contributed by atoms with van der Waals surface area (Å²) in [6.07, 6.45) is 1.66. The molecule has 0 spiro atoms. The maximum Gasteiger partial charge on any atom is 0.311 e. The van der Waals surface area contributed by atoms with Gasteiger partial charge in [0.1, 0.15) is 0 Å². The fourth-order valence-corrected chi connectivity index (χ4v) is 2.56. The number of piperidine rings is 1. The van der Waals surface area contributed by atoms with E-state index >= 15 is 0 Å². The Labute approximate surface area is 122 Å². The molecule has 1 aromatic rings. The molecule has 2 rings (SSSR count). The summed E-state index contributed by atoms with van der Waals surface area (Å²) in [7, 11) is 1.65. The fraction of sp³-hybridized carbons (Fsp3) is 0.500. The maximum absolute atomic E-state index is 12.4. The van der Waals surface area contributed by atoms with Crippen molar-refractivity contribution in [2.24, 2.45) is 5.92 Å². The zero-order valence-corrected chi connectivity index (χ0v) is 11.8. The van der Waals surface area contributed by atoms with Gasteiger partial charge in [0, 0.05) is 32.9 Å². The van der Waals surface area contributed by atoms with Crippen molar-refractivity contribution in [3.05, 3.63) is 33.9 Å². The average molecular weight is 294 g/mol. The Morgan fingerprint density at radius 1 is 1.48 bits per heavy atom. The van der Waals surface area contributed by atoms with Crippen molar-refractivity contribution in [1.82, 2.24) is 4.90 Å². The molecule has 7 heteroatoms. The Morgan fingerprint density at radius 2 is 2.14 bits per heavy atom. The highest BCUT2D eigenvalue weighted by Crippen LogP contribution is 2.31. The lowest BCUT2D eigenvalue weighted by Crippen LogP contribution is -2.39. The molecule has 0 saturated carbocycles. The number of aromatic hydroxyl groups is 1. The van der Waals surface area contributed by atoms with Crippen molar-refractivity contribution < 1.29 is 19.6 Å². The molecule has 1 N–H and O–H groups in total. The number of hydrogen-bond acceptors (Lipinski definition) is 5. The van der Waals surface area contributed by atoms with Crippen molar-refractivity contribution in [3.63, 3.8) is 0 Å². The first kappa shape index (κ1) is 15.2. The molecule has 0 aromatic heterocycles. The Bertz CT molecular complexity index is 538. The fourth-order valence-electron chi connectivity index (χ4n) is 2.56. The third-order valence-electron chi connectivity index (χ3n) is 3.75. The van der Waals surface area contributed by atoms with Crippen LogP contribution in [0.3, 0.4) is 0 Å². The summed E-state index contributed by atoms with van der Waals surface area (Å²) >= 11 is 0. The van der Waals surface area contributed by atoms with Crippen LogP contribution in [0.25, 0.3) is 0 Å². The quantitative estimate of drug-likeness (QED) is 0.675. The summed E-state index contributed by atoms with van der Waals surface area (Å²) in [6.45, 7) is 1.80. The minimum Gasteiger partial charge on any atom is -0.502 e. The standard InChI is InChI=1S/C14H18N2O5/c1-21-9-10-5-7-15(8-6-10)14(18)11-3-2-4-12(13(11)17)16(19)20/h2-4,10,17H,5-9H2,1H3. The first-order valence-corrected chi connectivity index (χ1v) is 6.79. The second-order valence-electron chi connectivity index (χ2n) is 5.12. The highest BCUT2D eigenvalue weighted by molar-refractivity contribution is 5.98. The molecule has 114 valence electrons. The predicted molar refractivity (Wildman–Crippen MR) is 75.3 cm³/mol. The van der Waals surface area contributed by atoms with Gasteiger partial charge >= 0.3 is 5.69 Å². The predicted octanol–water partition coefficient (Wildman–Crippen LogP) is 1.80. The SMILES string of the molecule is COCC1CCN(C(=O)c2cccc([N+](=O)[O-])c2O)CC1. The number of phenolic OH excluding ortho intramolecular Hbond substituents is 1. The van der Waals surface area contributed by atoms with Crippen LogP contribution >= 0.6 is 0 Å². The highest BCUT2D eigenvalue weighted by atomic mass is 16.6. The Kier molecular flexibility index (Phi) is 4.74. The summed E-state index contributed by atoms with van der Waals surface area (Å²) in [6, 6.07) is 3.99. The zero-order chi connectivity index (χ0) is 15.4. The van der Waals surface area contributed by atoms with Gasteiger partial charge in [0.25, 0.3) is 5.91 Å². The van der Waals surface area contributed by atoms with Gasteiger partial charge in [-0.3, -0.25) is 14.9 Å². The lowest BCUT2D eigenvalue weighted by atomic mass is 9.97. The number of ether oxygens (including phenoxy) is 1. The van der Waals surface area contributed by atoms with Gasteiger partial charge in [0.15, 0.2) is 0 Å². The van der Waals surface area contributed by atoms with Crippen LogP contribution in [0, 0.1) is 16.0 Å². The van der Waals surface area contributed by atoms with E-state index in [1.807, 2.05) is 0 Å². The van der Waals surface area contributed by atoms with E-state index in [1.165, 1.54) is 18.2 Å². The second-order valence-corrected chi connectivity index (χ2v) is 5.12. The van der Waals surface area contributed by atoms with E-state index in [-0.39, 0.29) is 11.5 Å². The number of phenols is 1. The minimum absolute atomic E-state index is 0.0191. The van der Waals surface area contributed by atoms with Gasteiger partial charge < -0.3 is 14.7 Å². The van der Waals surface area contributed by atoms with E-state index in [1.54, 1.807) is 12.0 Å². The van der Waals surface area contributed by atoms with E-state index in [0.717, 1.165) is 12.8 Å². The summed E-state index contributed by atoms with van der Waals surface area (Å²) in [5.74, 6) is -0.503. The van der Waals surface area contributed by atoms with Gasteiger partial charge in [-0.1, -0.05) is 6.07 Å². The van der Waals surface area contributed by atoms with Crippen molar-refractivity contribution in [2.45, 2.75) is 12.8 Å². The molecule has 1 aliphatic heterocycles. The second kappa shape index (κ2) is 6.53. The largest absolute Gasteiger partial charge is 0.502 e. The number of carbonyl (C=O) groups excluding carboxylic acids is 1. The summed E-state index contributed by atoms with van der Waals surface area (Å²) in [4.78, 5) is 24.1. The number of rotatable bonds is 4. The van der Waals surface area contributed by atoms with Gasteiger partial charge in [0.05, 0.1) is 10.5 Å². The first-order valence-electron chi connectivity index (χ1n) is 6.79. The van der Waals surface area contributed by atoms with Gasteiger partial charge in [-0.25, -0.2) is 0 Å². The Hall–Kier alpha value is -2.15. The number of nitro benzene ring substituents is 1. The van der Waals surface area contributed by atoms with Crippen molar-refractivity contribution >= 4 is 11.6 Å². The minimum atomic E-state index is -0.697. The van der Waals surface area contributed by atoms with Crippen LogP contribution in [0.5, 0.6) is 5.75 Å². The van der Waals surface area contributed by atoms with Gasteiger partial charge in [-0.15, -0.1) is 0 Å². The summed E-state index contributed by atoms with van der Waals surface area (Å²) < 4.78 is 5.10. The van der Waals surface area contributed by atoms with Crippen LogP contribution in [-0.2, 0) is 4.74 Å². The van der Waals surface area contributed by atoms with Crippen molar-refractivity contribution in [3.8, 4) is 5.75 Å². The van der Waals surface area contributed by atoms with Crippen LogP contribution < -0.4 is 0 Å². The number of benzene rings is 1. The van der Waals surface area contributed by atoms with Crippen LogP contribution in [0.2, 0.25) is 0 Å². The maximum atomic E-state index is 12.4. The van der Waals surface area contributed by atoms with Crippen LogP contribution in [0.4, 0.5) is 5.69 Å². The van der Waals surface area contributed by atoms with Crippen molar-refractivity contribution in [2.75, 3.05) is 26.8 Å². The molecular weight excluding hydrogens is 276 g/mol. The van der Waals surface area contributed by atoms with Gasteiger partial charge in [0.2, 0.25) is 5.75 Å². The van der Waals surface area contributed by atoms with Gasteiger partial charge in [-0.2, -0.15) is 0 Å². The molecule has 0 aliphatic carbocycles. The molecule has 21 heavy (non-hydrogen) atoms. The Morgan fingerprint density at radius 3 is 2.71 bits per heavy atom. The zero-order valence-electron chi connectivity index (χ0n) is 11.8. The number of para-hydroxylation sites is 1. The molecule has 1 fully saturated rings. The molecule has 1 saturated heterocycles. The van der Waals surface area contributed by atoms with E-state index < -0.39 is 16.4 Å². The molecule has 1 aliphatic rings. The number of likely N-dealkylation sites (tertiary alicyclic amines) is 1. The van der Waals surface area contributed by atoms with Crippen molar-refractivity contribution in [1.29, 1.82) is 0 Å². The summed E-state index contributed by atoms with van der Waals surface area (Å²) in [5.41, 5.74) is -0.468. The number of nitro groups is 1. The smallest absolute Gasteiger partial charge is 0.311 e. The van der Waals surface area contributed by atoms with Crippen LogP contribution in [0.1, 0.15) is 23.2 Å². The third-order valence-corrected chi connectivity index (χ3v) is 3.75. The first-order chi connectivity index (χ1) is 10.0. The molecule has 0 unspecified atom stereocenters.